The number of nitrogens with one attached hydrogen (secondary N) is 1. The van der Waals surface area contributed by atoms with Gasteiger partial charge in [0.15, 0.2) is 0 Å². The molecule has 3 heterocycles. The molecule has 9 nitrogen and oxygen atoms in total. The Morgan fingerprint density at radius 1 is 1.26 bits per heavy atom. The number of likely N-dealkylation sites (N-methyl/N-ethyl adjacent to an activating group) is 1. The van der Waals surface area contributed by atoms with Crippen molar-refractivity contribution in [2.24, 2.45) is 5.10 Å². The van der Waals surface area contributed by atoms with Gasteiger partial charge in [-0.1, -0.05) is 6.07 Å². The summed E-state index contributed by atoms with van der Waals surface area (Å²) in [6, 6.07) is 4.67. The van der Waals surface area contributed by atoms with Gasteiger partial charge in [0.1, 0.15) is 12.4 Å². The van der Waals surface area contributed by atoms with Crippen molar-refractivity contribution in [2.75, 3.05) is 51.0 Å². The lowest BCUT2D eigenvalue weighted by atomic mass is 9.89. The van der Waals surface area contributed by atoms with Crippen LogP contribution in [0.25, 0.3) is 0 Å². The van der Waals surface area contributed by atoms with Crippen molar-refractivity contribution in [3.8, 4) is 5.75 Å². The fourth-order valence-corrected chi connectivity index (χ4v) is 5.60. The lowest BCUT2D eigenvalue weighted by molar-refractivity contribution is -0.117. The monoisotopic (exact) mass is 491 g/mol. The summed E-state index contributed by atoms with van der Waals surface area (Å²) in [7, 11) is -1.72. The number of anilines is 1. The van der Waals surface area contributed by atoms with E-state index in [4.69, 9.17) is 9.84 Å². The van der Waals surface area contributed by atoms with E-state index in [1.54, 1.807) is 14.0 Å². The Bertz CT molecular complexity index is 1040. The molecule has 2 atom stereocenters. The van der Waals surface area contributed by atoms with Crippen molar-refractivity contribution in [3.05, 3.63) is 23.3 Å². The van der Waals surface area contributed by atoms with Gasteiger partial charge in [-0.2, -0.15) is 5.10 Å². The van der Waals surface area contributed by atoms with Gasteiger partial charge in [0.2, 0.25) is 15.9 Å². The molecule has 1 saturated heterocycles. The van der Waals surface area contributed by atoms with E-state index in [1.807, 2.05) is 17.2 Å². The molecule has 1 fully saturated rings. The number of amides is 1. The van der Waals surface area contributed by atoms with Crippen molar-refractivity contribution in [3.63, 3.8) is 0 Å². The smallest absolute Gasteiger partial charge is 0.224 e. The number of rotatable bonds is 7. The zero-order chi connectivity index (χ0) is 24.5. The summed E-state index contributed by atoms with van der Waals surface area (Å²) >= 11 is 0. The van der Waals surface area contributed by atoms with E-state index in [1.165, 1.54) is 10.6 Å². The predicted octanol–water partition coefficient (Wildman–Crippen LogP) is 1.78. The SMILES string of the molecule is CC(=O)N1c2ccc(C3C=NN(C4CCNCC4)C3)c(OCCN(C)S(C)(=O)=O)c2CC[C@@H]1C. The van der Waals surface area contributed by atoms with E-state index < -0.39 is 10.0 Å². The Morgan fingerprint density at radius 3 is 2.68 bits per heavy atom. The summed E-state index contributed by atoms with van der Waals surface area (Å²) in [5, 5.41) is 10.4. The van der Waals surface area contributed by atoms with Crippen LogP contribution in [0.2, 0.25) is 0 Å². The molecule has 34 heavy (non-hydrogen) atoms. The van der Waals surface area contributed by atoms with Crippen molar-refractivity contribution >= 4 is 27.8 Å². The minimum absolute atomic E-state index is 0.0171. The number of nitrogens with zero attached hydrogens (tertiary/aromatic N) is 4. The number of piperidine rings is 1. The van der Waals surface area contributed by atoms with Crippen LogP contribution in [0.3, 0.4) is 0 Å². The predicted molar refractivity (Wildman–Crippen MR) is 134 cm³/mol. The topological polar surface area (TPSA) is 94.6 Å². The van der Waals surface area contributed by atoms with Crippen LogP contribution in [0.1, 0.15) is 50.2 Å². The number of carbonyl (C=O) groups is 1. The second-order valence-corrected chi connectivity index (χ2v) is 11.8. The van der Waals surface area contributed by atoms with Crippen LogP contribution in [0.5, 0.6) is 5.75 Å². The van der Waals surface area contributed by atoms with Crippen LogP contribution in [0.15, 0.2) is 17.2 Å². The first-order valence-corrected chi connectivity index (χ1v) is 14.0. The summed E-state index contributed by atoms with van der Waals surface area (Å²) in [6.07, 6.45) is 7.04. The van der Waals surface area contributed by atoms with Gasteiger partial charge in [-0.05, 0) is 51.8 Å². The minimum atomic E-state index is -3.28. The summed E-state index contributed by atoms with van der Waals surface area (Å²) in [5.41, 5.74) is 2.98. The number of hydrogen-bond acceptors (Lipinski definition) is 7. The van der Waals surface area contributed by atoms with Gasteiger partial charge in [-0.15, -0.1) is 0 Å². The third-order valence-electron chi connectivity index (χ3n) is 7.24. The maximum absolute atomic E-state index is 12.4. The molecule has 3 aliphatic heterocycles. The van der Waals surface area contributed by atoms with E-state index in [0.29, 0.717) is 6.04 Å². The minimum Gasteiger partial charge on any atom is -0.492 e. The highest BCUT2D eigenvalue weighted by Crippen LogP contribution is 2.42. The third kappa shape index (κ3) is 5.23. The normalized spacial score (nSPS) is 23.4. The molecule has 1 amide bonds. The van der Waals surface area contributed by atoms with Gasteiger partial charge >= 0.3 is 0 Å². The van der Waals surface area contributed by atoms with Crippen molar-refractivity contribution < 1.29 is 17.9 Å². The van der Waals surface area contributed by atoms with Crippen LogP contribution in [-0.2, 0) is 21.2 Å². The summed E-state index contributed by atoms with van der Waals surface area (Å²) in [5.74, 6) is 0.887. The van der Waals surface area contributed by atoms with Gasteiger partial charge in [0.05, 0.1) is 11.9 Å². The Kier molecular flexibility index (Phi) is 7.49. The molecule has 0 bridgehead atoms. The van der Waals surface area contributed by atoms with Crippen molar-refractivity contribution in [1.29, 1.82) is 0 Å². The first-order chi connectivity index (χ1) is 16.2. The van der Waals surface area contributed by atoms with Crippen LogP contribution < -0.4 is 15.0 Å². The summed E-state index contributed by atoms with van der Waals surface area (Å²) in [6.45, 7) is 7.00. The highest BCUT2D eigenvalue weighted by Gasteiger charge is 2.33. The first kappa shape index (κ1) is 24.9. The van der Waals surface area contributed by atoms with Gasteiger partial charge in [0.25, 0.3) is 0 Å². The fourth-order valence-electron chi connectivity index (χ4n) is 5.20. The van der Waals surface area contributed by atoms with Gasteiger partial charge in [-0.25, -0.2) is 12.7 Å². The molecule has 0 radical (unpaired) electrons. The van der Waals surface area contributed by atoms with E-state index >= 15 is 0 Å². The molecule has 1 N–H and O–H groups in total. The molecule has 1 unspecified atom stereocenters. The number of benzene rings is 1. The molecule has 3 aliphatic rings. The average Bonchev–Trinajstić information content (AvgIpc) is 3.28. The summed E-state index contributed by atoms with van der Waals surface area (Å²) < 4.78 is 31.3. The number of sulfonamides is 1. The van der Waals surface area contributed by atoms with Crippen LogP contribution in [-0.4, -0.2) is 88.0 Å². The number of hydrazone groups is 1. The maximum atomic E-state index is 12.4. The fraction of sp³-hybridized carbons (Fsp3) is 0.667. The number of carbonyl (C=O) groups excluding carboxylic acids is 1. The Balaban J connectivity index is 1.62. The first-order valence-electron chi connectivity index (χ1n) is 12.2. The van der Waals surface area contributed by atoms with Gasteiger partial charge < -0.3 is 15.0 Å². The van der Waals surface area contributed by atoms with Crippen LogP contribution >= 0.6 is 0 Å². The molecule has 0 aliphatic carbocycles. The highest BCUT2D eigenvalue weighted by atomic mass is 32.2. The van der Waals surface area contributed by atoms with E-state index in [2.05, 4.69) is 23.3 Å². The number of hydrogen-bond donors (Lipinski definition) is 1. The quantitative estimate of drug-likeness (QED) is 0.625. The Hall–Kier alpha value is -2.17. The molecule has 0 aromatic heterocycles. The second-order valence-electron chi connectivity index (χ2n) is 9.67. The Morgan fingerprint density at radius 2 is 2.00 bits per heavy atom. The lowest BCUT2D eigenvalue weighted by Crippen LogP contribution is -2.41. The van der Waals surface area contributed by atoms with Crippen LogP contribution in [0, 0.1) is 0 Å². The Labute approximate surface area is 203 Å². The number of fused-ring (bicyclic) bond motifs is 1. The third-order valence-corrected chi connectivity index (χ3v) is 8.56. The average molecular weight is 492 g/mol. The van der Waals surface area contributed by atoms with Crippen LogP contribution in [0.4, 0.5) is 5.69 Å². The van der Waals surface area contributed by atoms with E-state index in [9.17, 15) is 13.2 Å². The molecule has 0 spiro atoms. The molecule has 1 aromatic rings. The number of ether oxygens (including phenoxy) is 1. The van der Waals surface area contributed by atoms with Gasteiger partial charge in [0, 0.05) is 62.4 Å². The van der Waals surface area contributed by atoms with Crippen molar-refractivity contribution in [2.45, 2.75) is 57.5 Å². The molecular formula is C24H37N5O4S. The standard InChI is InChI=1S/C24H37N5O4S/c1-17-5-6-22-23(29(17)18(2)30)8-7-21(24(22)33-14-13-27(3)34(4,31)32)19-15-26-28(16-19)20-9-11-25-12-10-20/h7-8,15,17,19-20,25H,5-6,9-14,16H2,1-4H3/t17-,19?/m0/s1. The maximum Gasteiger partial charge on any atom is 0.224 e. The van der Waals surface area contributed by atoms with Crippen molar-refractivity contribution in [1.82, 2.24) is 14.6 Å². The zero-order valence-electron chi connectivity index (χ0n) is 20.7. The molecule has 4 rings (SSSR count). The lowest BCUT2D eigenvalue weighted by Gasteiger charge is -2.36. The zero-order valence-corrected chi connectivity index (χ0v) is 21.5. The molecular weight excluding hydrogens is 454 g/mol. The van der Waals surface area contributed by atoms with E-state index in [0.717, 1.165) is 67.9 Å². The molecule has 0 saturated carbocycles. The van der Waals surface area contributed by atoms with Gasteiger partial charge in [-0.3, -0.25) is 9.80 Å². The largest absolute Gasteiger partial charge is 0.492 e. The van der Waals surface area contributed by atoms with E-state index in [-0.39, 0.29) is 31.0 Å². The highest BCUT2D eigenvalue weighted by molar-refractivity contribution is 7.88. The molecule has 188 valence electrons. The summed E-state index contributed by atoms with van der Waals surface area (Å²) in [4.78, 5) is 14.3. The molecule has 1 aromatic carbocycles. The second kappa shape index (κ2) is 10.2. The molecule has 10 heteroatoms.